The molecule has 0 rings (SSSR count). The number of ketones is 1. The smallest absolute Gasteiger partial charge is 0.310 e. The Labute approximate surface area is 67.7 Å². The summed E-state index contributed by atoms with van der Waals surface area (Å²) in [5, 5.41) is 7.99. The van der Waals surface area contributed by atoms with Crippen LogP contribution in [-0.2, 0) is 30.7 Å². The fraction of sp³-hybridized carbons (Fsp3) is 0.600. The largest absolute Gasteiger partial charge is 0.481 e. The van der Waals surface area contributed by atoms with Crippen LogP contribution in [0.2, 0.25) is 0 Å². The topological polar surface area (TPSA) is 54.4 Å². The molecule has 0 radical (unpaired) electrons. The summed E-state index contributed by atoms with van der Waals surface area (Å²) in [5.41, 5.74) is 0. The van der Waals surface area contributed by atoms with Gasteiger partial charge in [0.1, 0.15) is 12.2 Å². The molecule has 0 spiro atoms. The number of aliphatic carboxylic acids is 1. The van der Waals surface area contributed by atoms with Gasteiger partial charge in [0.05, 0.1) is 0 Å². The van der Waals surface area contributed by atoms with Crippen LogP contribution in [-0.4, -0.2) is 16.9 Å². The zero-order chi connectivity index (χ0) is 6.57. The molecule has 9 heavy (non-hydrogen) atoms. The first-order valence-electron chi connectivity index (χ1n) is 2.40. The van der Waals surface area contributed by atoms with E-state index in [-0.39, 0.29) is 33.3 Å². The predicted molar refractivity (Wildman–Crippen MR) is 27.6 cm³/mol. The summed E-state index contributed by atoms with van der Waals surface area (Å²) in [6.07, 6.45) is -0.0250. The number of carboxylic acid groups (broad SMARTS) is 1. The fourth-order valence-electron chi connectivity index (χ4n) is 0.294. The Morgan fingerprint density at radius 2 is 1.89 bits per heavy atom. The molecule has 0 atom stereocenters. The minimum absolute atomic E-state index is 0. The Balaban J connectivity index is 0. The Hall–Kier alpha value is -0.172. The van der Waals surface area contributed by atoms with Crippen molar-refractivity contribution in [2.45, 2.75) is 19.8 Å². The van der Waals surface area contributed by atoms with Crippen LogP contribution in [0.3, 0.4) is 0 Å². The van der Waals surface area contributed by atoms with Crippen LogP contribution in [0.15, 0.2) is 0 Å². The van der Waals surface area contributed by atoms with Crippen molar-refractivity contribution >= 4 is 11.8 Å². The zero-order valence-electron chi connectivity index (χ0n) is 4.99. The van der Waals surface area contributed by atoms with Crippen LogP contribution < -0.4 is 0 Å². The zero-order valence-corrected chi connectivity index (χ0v) is 7.27. The first-order valence-corrected chi connectivity index (χ1v) is 2.40. The standard InChI is InChI=1S/C5H8O3.Pt/c1-2-4(6)3-5(7)8;/h2-3H2,1H3,(H,7,8);. The molecule has 3 nitrogen and oxygen atoms in total. The van der Waals surface area contributed by atoms with Gasteiger partial charge in [-0.15, -0.1) is 0 Å². The minimum Gasteiger partial charge on any atom is -0.481 e. The maximum atomic E-state index is 10.2. The van der Waals surface area contributed by atoms with E-state index < -0.39 is 5.97 Å². The van der Waals surface area contributed by atoms with Gasteiger partial charge in [0.2, 0.25) is 0 Å². The van der Waals surface area contributed by atoms with E-state index in [1.807, 2.05) is 0 Å². The van der Waals surface area contributed by atoms with Gasteiger partial charge in [0.25, 0.3) is 0 Å². The monoisotopic (exact) mass is 311 g/mol. The molecule has 56 valence electrons. The SMILES string of the molecule is CCC(=O)CC(=O)O.[Pt]. The molecular weight excluding hydrogens is 303 g/mol. The summed E-state index contributed by atoms with van der Waals surface area (Å²) in [4.78, 5) is 20.0. The van der Waals surface area contributed by atoms with E-state index in [0.717, 1.165) is 0 Å². The Morgan fingerprint density at radius 3 is 2.00 bits per heavy atom. The maximum absolute atomic E-state index is 10.2. The molecule has 0 fully saturated rings. The van der Waals surface area contributed by atoms with Gasteiger partial charge in [-0.3, -0.25) is 9.59 Å². The summed E-state index contributed by atoms with van der Waals surface area (Å²) >= 11 is 0. The average molecular weight is 311 g/mol. The van der Waals surface area contributed by atoms with Crippen molar-refractivity contribution in [3.63, 3.8) is 0 Å². The number of hydrogen-bond donors (Lipinski definition) is 1. The molecule has 0 unspecified atom stereocenters. The summed E-state index contributed by atoms with van der Waals surface area (Å²) in [6.45, 7) is 1.64. The van der Waals surface area contributed by atoms with E-state index in [4.69, 9.17) is 5.11 Å². The van der Waals surface area contributed by atoms with Crippen LogP contribution in [0, 0.1) is 0 Å². The number of hydrogen-bond acceptors (Lipinski definition) is 2. The third-order valence-corrected chi connectivity index (χ3v) is 0.743. The quantitative estimate of drug-likeness (QED) is 0.770. The number of Topliss-reactive ketones (excluding diaryl/α,β-unsaturated/α-hetero) is 1. The summed E-state index contributed by atoms with van der Waals surface area (Å²) < 4.78 is 0. The van der Waals surface area contributed by atoms with Crippen molar-refractivity contribution < 1.29 is 35.8 Å². The molecular formula is C5H8O3Pt. The van der Waals surface area contributed by atoms with Gasteiger partial charge in [0.15, 0.2) is 0 Å². The molecule has 0 saturated carbocycles. The Bertz CT molecular complexity index is 111. The average Bonchev–Trinajstić information content (AvgIpc) is 1.65. The number of carboxylic acids is 1. The van der Waals surface area contributed by atoms with E-state index in [0.29, 0.717) is 6.42 Å². The summed E-state index contributed by atoms with van der Waals surface area (Å²) in [6, 6.07) is 0. The molecule has 0 aliphatic rings. The number of carbonyl (C=O) groups excluding carboxylic acids is 1. The normalized spacial score (nSPS) is 7.67. The minimum atomic E-state index is -1.04. The third-order valence-electron chi connectivity index (χ3n) is 0.743. The van der Waals surface area contributed by atoms with Gasteiger partial charge in [-0.05, 0) is 0 Å². The molecule has 0 aliphatic heterocycles. The second-order valence-electron chi connectivity index (χ2n) is 1.46. The molecule has 0 saturated heterocycles. The van der Waals surface area contributed by atoms with Gasteiger partial charge < -0.3 is 5.11 Å². The van der Waals surface area contributed by atoms with Crippen LogP contribution in [0.5, 0.6) is 0 Å². The second kappa shape index (κ2) is 5.96. The molecule has 0 aliphatic carbocycles. The molecule has 0 aromatic carbocycles. The van der Waals surface area contributed by atoms with Crippen LogP contribution in [0.4, 0.5) is 0 Å². The fourth-order valence-corrected chi connectivity index (χ4v) is 0.294. The molecule has 0 aromatic rings. The molecule has 0 amide bonds. The predicted octanol–water partition coefficient (Wildman–Crippen LogP) is 0.438. The second-order valence-corrected chi connectivity index (χ2v) is 1.46. The molecule has 1 N–H and O–H groups in total. The Morgan fingerprint density at radius 1 is 1.44 bits per heavy atom. The van der Waals surface area contributed by atoms with E-state index in [1.54, 1.807) is 6.92 Å². The third kappa shape index (κ3) is 7.83. The van der Waals surface area contributed by atoms with Crippen molar-refractivity contribution in [2.24, 2.45) is 0 Å². The maximum Gasteiger partial charge on any atom is 0.310 e. The first kappa shape index (κ1) is 11.6. The van der Waals surface area contributed by atoms with Crippen LogP contribution >= 0.6 is 0 Å². The van der Waals surface area contributed by atoms with Gasteiger partial charge in [-0.25, -0.2) is 0 Å². The van der Waals surface area contributed by atoms with Gasteiger partial charge >= 0.3 is 5.97 Å². The van der Waals surface area contributed by atoms with Crippen molar-refractivity contribution in [1.29, 1.82) is 0 Å². The van der Waals surface area contributed by atoms with Gasteiger partial charge in [0, 0.05) is 27.5 Å². The van der Waals surface area contributed by atoms with Crippen LogP contribution in [0.25, 0.3) is 0 Å². The van der Waals surface area contributed by atoms with E-state index in [1.165, 1.54) is 0 Å². The van der Waals surface area contributed by atoms with Crippen LogP contribution in [0.1, 0.15) is 19.8 Å². The molecule has 0 aromatic heterocycles. The van der Waals surface area contributed by atoms with Crippen molar-refractivity contribution in [1.82, 2.24) is 0 Å². The van der Waals surface area contributed by atoms with E-state index in [9.17, 15) is 9.59 Å². The van der Waals surface area contributed by atoms with Crippen molar-refractivity contribution in [3.8, 4) is 0 Å². The van der Waals surface area contributed by atoms with Gasteiger partial charge in [-0.1, -0.05) is 6.92 Å². The molecule has 4 heteroatoms. The first-order chi connectivity index (χ1) is 3.66. The molecule has 0 bridgehead atoms. The Kier molecular flexibility index (Phi) is 7.68. The van der Waals surface area contributed by atoms with Gasteiger partial charge in [-0.2, -0.15) is 0 Å². The summed E-state index contributed by atoms with van der Waals surface area (Å²) in [5.74, 6) is -1.27. The number of rotatable bonds is 3. The van der Waals surface area contributed by atoms with E-state index >= 15 is 0 Å². The molecule has 0 heterocycles. The van der Waals surface area contributed by atoms with Crippen molar-refractivity contribution in [3.05, 3.63) is 0 Å². The number of carbonyl (C=O) groups is 2. The summed E-state index contributed by atoms with van der Waals surface area (Å²) in [7, 11) is 0. The van der Waals surface area contributed by atoms with E-state index in [2.05, 4.69) is 0 Å². The van der Waals surface area contributed by atoms with Crippen molar-refractivity contribution in [2.75, 3.05) is 0 Å².